The lowest BCUT2D eigenvalue weighted by Crippen LogP contribution is -2.40. The average Bonchev–Trinajstić information content (AvgIpc) is 2.42. The Balaban J connectivity index is 2.42. The first kappa shape index (κ1) is 13.5. The third kappa shape index (κ3) is 2.76. The summed E-state index contributed by atoms with van der Waals surface area (Å²) in [5, 5.41) is 12.6. The van der Waals surface area contributed by atoms with E-state index in [0.29, 0.717) is 5.56 Å². The Morgan fingerprint density at radius 2 is 2.05 bits per heavy atom. The summed E-state index contributed by atoms with van der Waals surface area (Å²) in [4.78, 5) is 15.6. The number of aromatic nitrogens is 1. The molecular weight excluding hydrogens is 308 g/mol. The summed E-state index contributed by atoms with van der Waals surface area (Å²) >= 11 is 3.40. The van der Waals surface area contributed by atoms with Crippen molar-refractivity contribution in [3.63, 3.8) is 0 Å². The summed E-state index contributed by atoms with van der Waals surface area (Å²) in [6, 6.07) is 10.9. The summed E-state index contributed by atoms with van der Waals surface area (Å²) in [5.41, 5.74) is 0.0764. The second-order valence-electron chi connectivity index (χ2n) is 4.28. The van der Waals surface area contributed by atoms with E-state index in [2.05, 4.69) is 26.2 Å². The Bertz CT molecular complexity index is 589. The molecule has 1 aromatic carbocycles. The Kier molecular flexibility index (Phi) is 3.85. The molecular formula is C14H13BrN2O2. The molecule has 2 N–H and O–H groups in total. The minimum absolute atomic E-state index is 0.596. The molecule has 1 aromatic heterocycles. The van der Waals surface area contributed by atoms with E-state index in [1.54, 1.807) is 31.5 Å². The van der Waals surface area contributed by atoms with Crippen LogP contribution in [-0.4, -0.2) is 16.1 Å². The maximum absolute atomic E-state index is 11.6. The fourth-order valence-electron chi connectivity index (χ4n) is 1.74. The maximum Gasteiger partial charge on any atom is 0.333 e. The van der Waals surface area contributed by atoms with Crippen LogP contribution in [-0.2, 0) is 10.3 Å². The number of nitrogens with zero attached hydrogens (tertiary/aromatic N) is 1. The van der Waals surface area contributed by atoms with Crippen molar-refractivity contribution in [1.82, 2.24) is 4.98 Å². The molecule has 0 fully saturated rings. The second kappa shape index (κ2) is 5.40. The number of carboxylic acids is 1. The van der Waals surface area contributed by atoms with E-state index in [4.69, 9.17) is 0 Å². The van der Waals surface area contributed by atoms with Crippen molar-refractivity contribution in [2.75, 3.05) is 5.32 Å². The molecule has 0 aliphatic carbocycles. The number of benzene rings is 1. The predicted octanol–water partition coefficient (Wildman–Crippen LogP) is 3.26. The first-order chi connectivity index (χ1) is 9.04. The fourth-order valence-corrected chi connectivity index (χ4v) is 2.12. The van der Waals surface area contributed by atoms with Crippen LogP contribution in [0.1, 0.15) is 12.5 Å². The van der Waals surface area contributed by atoms with E-state index >= 15 is 0 Å². The van der Waals surface area contributed by atoms with Gasteiger partial charge in [-0.3, -0.25) is 4.98 Å². The van der Waals surface area contributed by atoms with Crippen LogP contribution >= 0.6 is 15.9 Å². The maximum atomic E-state index is 11.6. The topological polar surface area (TPSA) is 62.2 Å². The van der Waals surface area contributed by atoms with Crippen LogP contribution in [0.4, 0.5) is 5.69 Å². The molecule has 4 nitrogen and oxygen atoms in total. The zero-order valence-electron chi connectivity index (χ0n) is 10.3. The molecule has 0 saturated heterocycles. The van der Waals surface area contributed by atoms with E-state index < -0.39 is 11.5 Å². The molecule has 98 valence electrons. The number of halogens is 1. The zero-order chi connectivity index (χ0) is 13.9. The largest absolute Gasteiger partial charge is 0.479 e. The highest BCUT2D eigenvalue weighted by atomic mass is 79.9. The number of carbonyl (C=O) groups is 1. The van der Waals surface area contributed by atoms with Crippen LogP contribution in [0.15, 0.2) is 53.3 Å². The Morgan fingerprint density at radius 3 is 2.63 bits per heavy atom. The molecule has 0 saturated carbocycles. The molecule has 5 heteroatoms. The van der Waals surface area contributed by atoms with E-state index in [1.165, 1.54) is 0 Å². The van der Waals surface area contributed by atoms with Crippen LogP contribution in [0.25, 0.3) is 0 Å². The molecule has 0 spiro atoms. The van der Waals surface area contributed by atoms with Crippen molar-refractivity contribution in [2.24, 2.45) is 0 Å². The highest BCUT2D eigenvalue weighted by Crippen LogP contribution is 2.30. The van der Waals surface area contributed by atoms with Gasteiger partial charge in [0.1, 0.15) is 0 Å². The highest BCUT2D eigenvalue weighted by molar-refractivity contribution is 9.10. The Hall–Kier alpha value is -1.88. The van der Waals surface area contributed by atoms with Crippen LogP contribution in [0, 0.1) is 0 Å². The van der Waals surface area contributed by atoms with Gasteiger partial charge in [-0.25, -0.2) is 4.79 Å². The van der Waals surface area contributed by atoms with Gasteiger partial charge in [-0.2, -0.15) is 0 Å². The highest BCUT2D eigenvalue weighted by Gasteiger charge is 2.35. The van der Waals surface area contributed by atoms with Crippen molar-refractivity contribution in [2.45, 2.75) is 12.5 Å². The fraction of sp³-hybridized carbons (Fsp3) is 0.143. The van der Waals surface area contributed by atoms with Crippen LogP contribution in [0.2, 0.25) is 0 Å². The van der Waals surface area contributed by atoms with Crippen LogP contribution < -0.4 is 5.32 Å². The Labute approximate surface area is 119 Å². The van der Waals surface area contributed by atoms with Gasteiger partial charge in [0.25, 0.3) is 0 Å². The van der Waals surface area contributed by atoms with E-state index in [0.717, 1.165) is 10.2 Å². The van der Waals surface area contributed by atoms with Crippen molar-refractivity contribution >= 4 is 27.6 Å². The summed E-state index contributed by atoms with van der Waals surface area (Å²) in [6.45, 7) is 1.62. The van der Waals surface area contributed by atoms with Gasteiger partial charge >= 0.3 is 5.97 Å². The van der Waals surface area contributed by atoms with Gasteiger partial charge in [0.15, 0.2) is 5.54 Å². The predicted molar refractivity (Wildman–Crippen MR) is 77.0 cm³/mol. The van der Waals surface area contributed by atoms with Crippen molar-refractivity contribution in [1.29, 1.82) is 0 Å². The van der Waals surface area contributed by atoms with Gasteiger partial charge in [0, 0.05) is 28.1 Å². The number of rotatable bonds is 4. The van der Waals surface area contributed by atoms with Crippen molar-refractivity contribution in [3.05, 3.63) is 58.8 Å². The summed E-state index contributed by atoms with van der Waals surface area (Å²) < 4.78 is 0.811. The molecule has 0 bridgehead atoms. The Morgan fingerprint density at radius 1 is 1.32 bits per heavy atom. The van der Waals surface area contributed by atoms with Crippen LogP contribution in [0.5, 0.6) is 0 Å². The van der Waals surface area contributed by atoms with Gasteiger partial charge < -0.3 is 10.4 Å². The normalized spacial score (nSPS) is 13.6. The van der Waals surface area contributed by atoms with Gasteiger partial charge in [-0.05, 0) is 41.1 Å². The summed E-state index contributed by atoms with van der Waals surface area (Å²) in [6.07, 6.45) is 3.17. The van der Waals surface area contributed by atoms with Gasteiger partial charge in [-0.15, -0.1) is 0 Å². The van der Waals surface area contributed by atoms with Crippen molar-refractivity contribution in [3.8, 4) is 0 Å². The third-order valence-electron chi connectivity index (χ3n) is 2.93. The third-order valence-corrected chi connectivity index (χ3v) is 3.62. The SMILES string of the molecule is CC(Nc1ccccc1Br)(C(=O)O)c1cccnc1. The van der Waals surface area contributed by atoms with Gasteiger partial charge in [0.2, 0.25) is 0 Å². The number of carboxylic acid groups (broad SMARTS) is 1. The zero-order valence-corrected chi connectivity index (χ0v) is 11.9. The number of anilines is 1. The molecule has 2 rings (SSSR count). The molecule has 0 aliphatic rings. The molecule has 0 aliphatic heterocycles. The number of hydrogen-bond acceptors (Lipinski definition) is 3. The number of hydrogen-bond donors (Lipinski definition) is 2. The van der Waals surface area contributed by atoms with E-state index in [1.807, 2.05) is 24.3 Å². The monoisotopic (exact) mass is 320 g/mol. The summed E-state index contributed by atoms with van der Waals surface area (Å²) in [7, 11) is 0. The lowest BCUT2D eigenvalue weighted by Gasteiger charge is -2.28. The molecule has 1 atom stereocenters. The lowest BCUT2D eigenvalue weighted by molar-refractivity contribution is -0.142. The molecule has 19 heavy (non-hydrogen) atoms. The lowest BCUT2D eigenvalue weighted by atomic mass is 9.93. The molecule has 0 radical (unpaired) electrons. The standard InChI is InChI=1S/C14H13BrN2O2/c1-14(13(18)19,10-5-4-8-16-9-10)17-12-7-3-2-6-11(12)15/h2-9,17H,1H3,(H,18,19). The number of nitrogens with one attached hydrogen (secondary N) is 1. The molecule has 0 amide bonds. The van der Waals surface area contributed by atoms with Gasteiger partial charge in [0.05, 0.1) is 0 Å². The van der Waals surface area contributed by atoms with Crippen molar-refractivity contribution < 1.29 is 9.90 Å². The molecule has 2 aromatic rings. The molecule has 1 heterocycles. The first-order valence-electron chi connectivity index (χ1n) is 5.70. The minimum atomic E-state index is -1.24. The number of aliphatic carboxylic acids is 1. The quantitative estimate of drug-likeness (QED) is 0.907. The minimum Gasteiger partial charge on any atom is -0.479 e. The van der Waals surface area contributed by atoms with Gasteiger partial charge in [-0.1, -0.05) is 18.2 Å². The second-order valence-corrected chi connectivity index (χ2v) is 5.13. The summed E-state index contributed by atoms with van der Waals surface area (Å²) in [5.74, 6) is -0.962. The number of pyridine rings is 1. The average molecular weight is 321 g/mol. The van der Waals surface area contributed by atoms with E-state index in [9.17, 15) is 9.90 Å². The van der Waals surface area contributed by atoms with E-state index in [-0.39, 0.29) is 0 Å². The molecule has 1 unspecified atom stereocenters. The first-order valence-corrected chi connectivity index (χ1v) is 6.50. The number of para-hydroxylation sites is 1. The van der Waals surface area contributed by atoms with Crippen LogP contribution in [0.3, 0.4) is 0 Å². The smallest absolute Gasteiger partial charge is 0.333 e.